The molecule has 0 saturated carbocycles. The third kappa shape index (κ3) is 5.11. The number of thioether (sulfide) groups is 1. The first-order valence-electron chi connectivity index (χ1n) is 12.4. The van der Waals surface area contributed by atoms with Crippen molar-refractivity contribution in [3.63, 3.8) is 0 Å². The molecule has 0 aromatic heterocycles. The number of likely N-dealkylation sites (tertiary alicyclic amines) is 1. The van der Waals surface area contributed by atoms with E-state index in [-0.39, 0.29) is 34.4 Å². The molecule has 3 aliphatic heterocycles. The highest BCUT2D eigenvalue weighted by atomic mass is 79.9. The quantitative estimate of drug-likeness (QED) is 0.271. The van der Waals surface area contributed by atoms with E-state index in [1.54, 1.807) is 40.9 Å². The van der Waals surface area contributed by atoms with E-state index in [2.05, 4.69) is 26.6 Å². The summed E-state index contributed by atoms with van der Waals surface area (Å²) < 4.78 is -0.647. The van der Waals surface area contributed by atoms with E-state index in [4.69, 9.17) is 16.7 Å². The predicted molar refractivity (Wildman–Crippen MR) is 143 cm³/mol. The Hall–Kier alpha value is -1.29. The summed E-state index contributed by atoms with van der Waals surface area (Å²) in [6.07, 6.45) is 4.70. The Morgan fingerprint density at radius 1 is 1.20 bits per heavy atom. The average molecular weight is 587 g/mol. The van der Waals surface area contributed by atoms with Crippen LogP contribution in [0.4, 0.5) is 5.69 Å². The number of aliphatic hydroxyl groups is 1. The van der Waals surface area contributed by atoms with E-state index in [0.717, 1.165) is 32.1 Å². The number of fused-ring (bicyclic) bond motifs is 1. The second kappa shape index (κ2) is 11.4. The third-order valence-corrected chi connectivity index (χ3v) is 10.8. The fourth-order valence-electron chi connectivity index (χ4n) is 5.83. The van der Waals surface area contributed by atoms with E-state index in [1.165, 1.54) is 0 Å². The zero-order chi connectivity index (χ0) is 25.2. The summed E-state index contributed by atoms with van der Waals surface area (Å²) in [7, 11) is 0. The second-order valence-electron chi connectivity index (χ2n) is 9.62. The number of anilines is 1. The number of unbranched alkanes of at least 4 members (excludes halogenated alkanes) is 3. The van der Waals surface area contributed by atoms with Crippen molar-refractivity contribution in [3.8, 4) is 0 Å². The van der Waals surface area contributed by atoms with Crippen molar-refractivity contribution < 1.29 is 19.5 Å². The third-order valence-electron chi connectivity index (χ3n) is 7.31. The molecule has 7 nitrogen and oxygen atoms in total. The van der Waals surface area contributed by atoms with Gasteiger partial charge in [0, 0.05) is 40.5 Å². The van der Waals surface area contributed by atoms with E-state index in [0.29, 0.717) is 30.2 Å². The van der Waals surface area contributed by atoms with Gasteiger partial charge >= 0.3 is 0 Å². The van der Waals surface area contributed by atoms with Crippen molar-refractivity contribution in [1.29, 1.82) is 0 Å². The molecule has 192 valence electrons. The van der Waals surface area contributed by atoms with Crippen LogP contribution < -0.4 is 10.6 Å². The van der Waals surface area contributed by atoms with Gasteiger partial charge in [0.1, 0.15) is 6.04 Å². The van der Waals surface area contributed by atoms with Gasteiger partial charge in [0.05, 0.1) is 16.6 Å². The highest BCUT2D eigenvalue weighted by Crippen LogP contribution is 2.67. The number of carbonyl (C=O) groups excluding carboxylic acids is 3. The number of carbonyl (C=O) groups is 3. The molecule has 0 aliphatic carbocycles. The zero-order valence-corrected chi connectivity index (χ0v) is 23.0. The lowest BCUT2D eigenvalue weighted by molar-refractivity contribution is -0.139. The van der Waals surface area contributed by atoms with Gasteiger partial charge in [-0.05, 0) is 49.9 Å². The molecular weight excluding hydrogens is 554 g/mol. The SMILES string of the molecule is CCCNC(=O)[C@H]1[C@H]2C(=O)N(CCCCCCO)C(C(=O)Nc3ccc(Cl)cc3)C23CC(Br)[C@@H]1S3. The van der Waals surface area contributed by atoms with Crippen LogP contribution in [0.1, 0.15) is 45.4 Å². The molecule has 3 N–H and O–H groups in total. The van der Waals surface area contributed by atoms with Crippen LogP contribution in [-0.2, 0) is 14.4 Å². The summed E-state index contributed by atoms with van der Waals surface area (Å²) in [6, 6.07) is 6.27. The molecule has 0 radical (unpaired) electrons. The molecule has 6 atom stereocenters. The number of nitrogens with zero attached hydrogens (tertiary/aromatic N) is 1. The van der Waals surface area contributed by atoms with Gasteiger partial charge in [-0.15, -0.1) is 11.8 Å². The molecular formula is C25H33BrClN3O4S. The van der Waals surface area contributed by atoms with Gasteiger partial charge in [0.15, 0.2) is 0 Å². The fourth-order valence-corrected chi connectivity index (χ4v) is 9.57. The largest absolute Gasteiger partial charge is 0.396 e. The van der Waals surface area contributed by atoms with E-state index < -0.39 is 22.6 Å². The first-order valence-corrected chi connectivity index (χ1v) is 14.6. The van der Waals surface area contributed by atoms with Crippen molar-refractivity contribution >= 4 is 62.7 Å². The number of aliphatic hydroxyl groups excluding tert-OH is 1. The molecule has 4 rings (SSSR count). The molecule has 1 aromatic carbocycles. The number of rotatable bonds is 11. The molecule has 3 heterocycles. The minimum Gasteiger partial charge on any atom is -0.396 e. The summed E-state index contributed by atoms with van der Waals surface area (Å²) in [6.45, 7) is 3.19. The van der Waals surface area contributed by atoms with Crippen LogP contribution in [0.2, 0.25) is 5.02 Å². The standard InChI is InChI=1S/C25H33BrClN3O4S/c1-2-11-28-22(32)18-19-24(34)30(12-5-3-4-6-13-31)21(25(19)14-17(26)20(18)35-25)23(33)29-16-9-7-15(27)8-10-16/h7-10,17-21,31H,2-6,11-14H2,1H3,(H,28,32)(H,29,33)/t17?,18-,19-,20-,21?,25?/m0/s1. The number of hydrogen-bond acceptors (Lipinski definition) is 5. The normalized spacial score (nSPS) is 31.0. The predicted octanol–water partition coefficient (Wildman–Crippen LogP) is 3.82. The summed E-state index contributed by atoms with van der Waals surface area (Å²) in [5, 5.41) is 15.6. The maximum Gasteiger partial charge on any atom is 0.248 e. The summed E-state index contributed by atoms with van der Waals surface area (Å²) >= 11 is 11.4. The molecule has 3 amide bonds. The number of halogens is 2. The molecule has 1 aromatic rings. The van der Waals surface area contributed by atoms with Crippen molar-refractivity contribution in [2.75, 3.05) is 25.0 Å². The van der Waals surface area contributed by atoms with Crippen LogP contribution in [-0.4, -0.2) is 68.3 Å². The number of hydrogen-bond donors (Lipinski definition) is 3. The van der Waals surface area contributed by atoms with E-state index >= 15 is 0 Å². The van der Waals surface area contributed by atoms with Crippen LogP contribution in [0.3, 0.4) is 0 Å². The summed E-state index contributed by atoms with van der Waals surface area (Å²) in [5.74, 6) is -1.37. The second-order valence-corrected chi connectivity index (χ2v) is 12.8. The number of benzene rings is 1. The Morgan fingerprint density at radius 2 is 1.91 bits per heavy atom. The molecule has 10 heteroatoms. The van der Waals surface area contributed by atoms with Crippen LogP contribution in [0, 0.1) is 11.8 Å². The Morgan fingerprint density at radius 3 is 2.60 bits per heavy atom. The van der Waals surface area contributed by atoms with Gasteiger partial charge in [-0.25, -0.2) is 0 Å². The van der Waals surface area contributed by atoms with Gasteiger partial charge in [-0.2, -0.15) is 0 Å². The van der Waals surface area contributed by atoms with Crippen molar-refractivity contribution in [2.45, 2.75) is 66.3 Å². The Bertz CT molecular complexity index is 951. The lowest BCUT2D eigenvalue weighted by atomic mass is 9.70. The van der Waals surface area contributed by atoms with Crippen LogP contribution >= 0.6 is 39.3 Å². The van der Waals surface area contributed by atoms with E-state index in [1.807, 2.05) is 6.92 Å². The highest BCUT2D eigenvalue weighted by molar-refractivity contribution is 9.09. The molecule has 3 unspecified atom stereocenters. The monoisotopic (exact) mass is 585 g/mol. The Kier molecular flexibility index (Phi) is 8.72. The molecule has 2 bridgehead atoms. The Labute approximate surface area is 224 Å². The fraction of sp³-hybridized carbons (Fsp3) is 0.640. The Balaban J connectivity index is 1.62. The first-order chi connectivity index (χ1) is 16.8. The number of nitrogens with one attached hydrogen (secondary N) is 2. The van der Waals surface area contributed by atoms with Crippen LogP contribution in [0.15, 0.2) is 24.3 Å². The molecule has 3 fully saturated rings. The van der Waals surface area contributed by atoms with E-state index in [9.17, 15) is 14.4 Å². The van der Waals surface area contributed by atoms with Crippen molar-refractivity contribution in [3.05, 3.63) is 29.3 Å². The van der Waals surface area contributed by atoms with Crippen molar-refractivity contribution in [2.24, 2.45) is 11.8 Å². The lowest BCUT2D eigenvalue weighted by Crippen LogP contribution is -2.53. The summed E-state index contributed by atoms with van der Waals surface area (Å²) in [4.78, 5) is 42.6. The maximum absolute atomic E-state index is 13.9. The molecule has 1 spiro atoms. The minimum absolute atomic E-state index is 0.0432. The molecule has 35 heavy (non-hydrogen) atoms. The average Bonchev–Trinajstić information content (AvgIpc) is 3.42. The molecule has 3 aliphatic rings. The van der Waals surface area contributed by atoms with Gasteiger partial charge < -0.3 is 20.6 Å². The first kappa shape index (κ1) is 26.8. The van der Waals surface area contributed by atoms with Crippen molar-refractivity contribution in [1.82, 2.24) is 10.2 Å². The topological polar surface area (TPSA) is 98.7 Å². The zero-order valence-electron chi connectivity index (χ0n) is 19.8. The van der Waals surface area contributed by atoms with Gasteiger partial charge in [-0.1, -0.05) is 47.3 Å². The number of alkyl halides is 1. The van der Waals surface area contributed by atoms with Gasteiger partial charge in [-0.3, -0.25) is 14.4 Å². The maximum atomic E-state index is 13.9. The summed E-state index contributed by atoms with van der Waals surface area (Å²) in [5.41, 5.74) is 0.625. The minimum atomic E-state index is -0.660. The van der Waals surface area contributed by atoms with Crippen LogP contribution in [0.25, 0.3) is 0 Å². The smallest absolute Gasteiger partial charge is 0.248 e. The van der Waals surface area contributed by atoms with Gasteiger partial charge in [0.25, 0.3) is 0 Å². The van der Waals surface area contributed by atoms with Crippen LogP contribution in [0.5, 0.6) is 0 Å². The molecule has 3 saturated heterocycles. The number of amides is 3. The van der Waals surface area contributed by atoms with Gasteiger partial charge in [0.2, 0.25) is 17.7 Å². The lowest BCUT2D eigenvalue weighted by Gasteiger charge is -2.35. The highest BCUT2D eigenvalue weighted by Gasteiger charge is 2.75.